The van der Waals surface area contributed by atoms with Crippen LogP contribution in [0.3, 0.4) is 0 Å². The lowest BCUT2D eigenvalue weighted by atomic mass is 9.73. The van der Waals surface area contributed by atoms with E-state index in [4.69, 9.17) is 5.73 Å². The van der Waals surface area contributed by atoms with Crippen molar-refractivity contribution in [2.75, 3.05) is 31.9 Å². The van der Waals surface area contributed by atoms with Gasteiger partial charge in [-0.1, -0.05) is 36.4 Å². The molecule has 1 aliphatic carbocycles. The minimum absolute atomic E-state index is 0.0949. The van der Waals surface area contributed by atoms with Crippen molar-refractivity contribution >= 4 is 17.6 Å². The standard InChI is InChI=1S/C23H26N4O3/c24-20-8-4-7-18(25-20)21(29)27-13-23(14-27,10-15-5-2-1-3-6-15)22(30)26-11-16-9-19(28)17(16)12-26/h1-8,16-17,19,28H,9-14H2,(H2,24,25)/t16-,17+,19+/m0/s1. The highest BCUT2D eigenvalue weighted by atomic mass is 16.3. The minimum atomic E-state index is -0.633. The second kappa shape index (κ2) is 7.09. The molecule has 5 rings (SSSR count). The fourth-order valence-corrected chi connectivity index (χ4v) is 5.24. The molecule has 3 atom stereocenters. The normalized spacial score (nSPS) is 26.5. The number of aromatic nitrogens is 1. The first-order chi connectivity index (χ1) is 14.4. The van der Waals surface area contributed by atoms with Crippen molar-refractivity contribution in [3.05, 3.63) is 59.8 Å². The van der Waals surface area contributed by atoms with Crippen LogP contribution < -0.4 is 5.73 Å². The SMILES string of the molecule is Nc1cccc(C(=O)N2CC(Cc3ccccc3)(C(=O)N3C[C@@H]4C[C@@H](O)[C@@H]4C3)C2)n1. The topological polar surface area (TPSA) is 99.8 Å². The van der Waals surface area contributed by atoms with Gasteiger partial charge in [0, 0.05) is 32.1 Å². The number of anilines is 1. The molecule has 30 heavy (non-hydrogen) atoms. The van der Waals surface area contributed by atoms with Crippen molar-refractivity contribution in [1.29, 1.82) is 0 Å². The lowest BCUT2D eigenvalue weighted by Crippen LogP contribution is -2.66. The van der Waals surface area contributed by atoms with Crippen LogP contribution in [-0.4, -0.2) is 64.0 Å². The molecule has 1 aromatic carbocycles. The number of fused-ring (bicyclic) bond motifs is 1. The summed E-state index contributed by atoms with van der Waals surface area (Å²) in [7, 11) is 0. The number of benzene rings is 1. The summed E-state index contributed by atoms with van der Waals surface area (Å²) in [5, 5.41) is 9.98. The van der Waals surface area contributed by atoms with Crippen LogP contribution in [0, 0.1) is 17.3 Å². The molecule has 0 radical (unpaired) electrons. The molecular weight excluding hydrogens is 380 g/mol. The monoisotopic (exact) mass is 406 g/mol. The smallest absolute Gasteiger partial charge is 0.272 e. The Morgan fingerprint density at radius 1 is 1.07 bits per heavy atom. The van der Waals surface area contributed by atoms with Gasteiger partial charge in [-0.25, -0.2) is 4.98 Å². The number of aliphatic hydroxyl groups is 1. The van der Waals surface area contributed by atoms with Crippen molar-refractivity contribution in [1.82, 2.24) is 14.8 Å². The van der Waals surface area contributed by atoms with Gasteiger partial charge < -0.3 is 20.6 Å². The number of likely N-dealkylation sites (tertiary alicyclic amines) is 2. The summed E-state index contributed by atoms with van der Waals surface area (Å²) in [5.74, 6) is 0.816. The predicted molar refractivity (Wildman–Crippen MR) is 111 cm³/mol. The molecule has 7 nitrogen and oxygen atoms in total. The number of nitrogens with two attached hydrogens (primary N) is 1. The van der Waals surface area contributed by atoms with E-state index in [0.29, 0.717) is 50.0 Å². The van der Waals surface area contributed by atoms with Gasteiger partial charge in [-0.2, -0.15) is 0 Å². The van der Waals surface area contributed by atoms with Crippen LogP contribution in [-0.2, 0) is 11.2 Å². The number of nitrogens with zero attached hydrogens (tertiary/aromatic N) is 3. The van der Waals surface area contributed by atoms with Crippen molar-refractivity contribution in [3.8, 4) is 0 Å². The largest absolute Gasteiger partial charge is 0.393 e. The first-order valence-electron chi connectivity index (χ1n) is 10.5. The second-order valence-corrected chi connectivity index (χ2v) is 8.99. The zero-order valence-electron chi connectivity index (χ0n) is 16.8. The maximum Gasteiger partial charge on any atom is 0.272 e. The first kappa shape index (κ1) is 19.1. The summed E-state index contributed by atoms with van der Waals surface area (Å²) in [6.07, 6.45) is 1.09. The third-order valence-electron chi connectivity index (χ3n) is 6.92. The van der Waals surface area contributed by atoms with E-state index < -0.39 is 5.41 Å². The maximum absolute atomic E-state index is 13.6. The third kappa shape index (κ3) is 3.13. The molecule has 0 spiro atoms. The summed E-state index contributed by atoms with van der Waals surface area (Å²) in [6, 6.07) is 15.0. The summed E-state index contributed by atoms with van der Waals surface area (Å²) in [5.41, 5.74) is 6.48. The van der Waals surface area contributed by atoms with Gasteiger partial charge in [0.25, 0.3) is 5.91 Å². The average Bonchev–Trinajstić information content (AvgIpc) is 3.07. The Hall–Kier alpha value is -2.93. The zero-order chi connectivity index (χ0) is 20.9. The molecule has 0 bridgehead atoms. The Kier molecular flexibility index (Phi) is 4.50. The zero-order valence-corrected chi connectivity index (χ0v) is 16.8. The molecule has 1 saturated carbocycles. The molecule has 3 heterocycles. The molecule has 2 aliphatic heterocycles. The van der Waals surface area contributed by atoms with Crippen LogP contribution in [0.25, 0.3) is 0 Å². The van der Waals surface area contributed by atoms with Crippen LogP contribution >= 0.6 is 0 Å². The quantitative estimate of drug-likeness (QED) is 0.795. The third-order valence-corrected chi connectivity index (χ3v) is 6.92. The Morgan fingerprint density at radius 3 is 2.50 bits per heavy atom. The Labute approximate surface area is 175 Å². The maximum atomic E-state index is 13.6. The molecular formula is C23H26N4O3. The molecule has 3 N–H and O–H groups in total. The van der Waals surface area contributed by atoms with E-state index >= 15 is 0 Å². The van der Waals surface area contributed by atoms with E-state index in [9.17, 15) is 14.7 Å². The minimum Gasteiger partial charge on any atom is -0.393 e. The summed E-state index contributed by atoms with van der Waals surface area (Å²) in [6.45, 7) is 2.06. The number of amides is 2. The number of rotatable bonds is 4. The molecule has 3 fully saturated rings. The van der Waals surface area contributed by atoms with Crippen molar-refractivity contribution < 1.29 is 14.7 Å². The molecule has 1 aromatic heterocycles. The lowest BCUT2D eigenvalue weighted by Gasteiger charge is -2.50. The Bertz CT molecular complexity index is 973. The van der Waals surface area contributed by atoms with E-state index in [2.05, 4.69) is 4.98 Å². The number of hydrogen-bond acceptors (Lipinski definition) is 5. The van der Waals surface area contributed by atoms with E-state index in [0.717, 1.165) is 12.0 Å². The van der Waals surface area contributed by atoms with Crippen molar-refractivity contribution in [2.45, 2.75) is 18.9 Å². The van der Waals surface area contributed by atoms with Gasteiger partial charge in [0.2, 0.25) is 5.91 Å². The van der Waals surface area contributed by atoms with E-state index in [1.807, 2.05) is 35.2 Å². The van der Waals surface area contributed by atoms with Crippen LogP contribution in [0.15, 0.2) is 48.5 Å². The number of aliphatic hydroxyl groups excluding tert-OH is 1. The number of pyridine rings is 1. The van der Waals surface area contributed by atoms with Crippen molar-refractivity contribution in [2.24, 2.45) is 17.3 Å². The molecule has 0 unspecified atom stereocenters. The van der Waals surface area contributed by atoms with Gasteiger partial charge in [0.05, 0.1) is 11.5 Å². The van der Waals surface area contributed by atoms with Gasteiger partial charge in [-0.3, -0.25) is 9.59 Å². The number of hydrogen-bond donors (Lipinski definition) is 2. The molecule has 2 aromatic rings. The Balaban J connectivity index is 1.36. The van der Waals surface area contributed by atoms with Gasteiger partial charge >= 0.3 is 0 Å². The molecule has 2 amide bonds. The summed E-state index contributed by atoms with van der Waals surface area (Å²) >= 11 is 0. The summed E-state index contributed by atoms with van der Waals surface area (Å²) < 4.78 is 0. The van der Waals surface area contributed by atoms with Gasteiger partial charge in [0.15, 0.2) is 0 Å². The first-order valence-corrected chi connectivity index (χ1v) is 10.5. The number of carbonyl (C=O) groups excluding carboxylic acids is 2. The molecule has 2 saturated heterocycles. The van der Waals surface area contributed by atoms with Crippen LogP contribution in [0.4, 0.5) is 5.82 Å². The van der Waals surface area contributed by atoms with E-state index in [-0.39, 0.29) is 23.8 Å². The average molecular weight is 406 g/mol. The number of nitrogen functional groups attached to an aromatic ring is 1. The lowest BCUT2D eigenvalue weighted by molar-refractivity contribution is -0.150. The summed E-state index contributed by atoms with van der Waals surface area (Å²) in [4.78, 5) is 34.2. The molecule has 156 valence electrons. The fourth-order valence-electron chi connectivity index (χ4n) is 5.24. The Morgan fingerprint density at radius 2 is 1.83 bits per heavy atom. The fraction of sp³-hybridized carbons (Fsp3) is 0.435. The van der Waals surface area contributed by atoms with Crippen molar-refractivity contribution in [3.63, 3.8) is 0 Å². The van der Waals surface area contributed by atoms with Gasteiger partial charge in [0.1, 0.15) is 11.5 Å². The van der Waals surface area contributed by atoms with Crippen LogP contribution in [0.2, 0.25) is 0 Å². The van der Waals surface area contributed by atoms with Gasteiger partial charge in [-0.05, 0) is 36.5 Å². The molecule has 3 aliphatic rings. The predicted octanol–water partition coefficient (Wildman–Crippen LogP) is 1.19. The van der Waals surface area contributed by atoms with Crippen LogP contribution in [0.5, 0.6) is 0 Å². The van der Waals surface area contributed by atoms with E-state index in [1.165, 1.54) is 0 Å². The number of carbonyl (C=O) groups is 2. The van der Waals surface area contributed by atoms with Gasteiger partial charge in [-0.15, -0.1) is 0 Å². The highest BCUT2D eigenvalue weighted by Gasteiger charge is 2.56. The second-order valence-electron chi connectivity index (χ2n) is 8.99. The van der Waals surface area contributed by atoms with E-state index in [1.54, 1.807) is 23.1 Å². The highest BCUT2D eigenvalue weighted by molar-refractivity contribution is 5.96. The molecule has 7 heteroatoms. The highest BCUT2D eigenvalue weighted by Crippen LogP contribution is 2.44. The van der Waals surface area contributed by atoms with Crippen LogP contribution in [0.1, 0.15) is 22.5 Å².